The van der Waals surface area contributed by atoms with Gasteiger partial charge in [-0.2, -0.15) is 0 Å². The van der Waals surface area contributed by atoms with Crippen LogP contribution in [0.1, 0.15) is 43.1 Å². The summed E-state index contributed by atoms with van der Waals surface area (Å²) in [5, 5.41) is 5.37. The van der Waals surface area contributed by atoms with Gasteiger partial charge in [0, 0.05) is 28.6 Å². The summed E-state index contributed by atoms with van der Waals surface area (Å²) in [5.41, 5.74) is 2.15. The van der Waals surface area contributed by atoms with E-state index in [4.69, 9.17) is 11.6 Å². The van der Waals surface area contributed by atoms with E-state index in [9.17, 15) is 14.4 Å². The van der Waals surface area contributed by atoms with Crippen molar-refractivity contribution in [3.63, 3.8) is 0 Å². The molecule has 176 valence electrons. The molecule has 0 aromatic heterocycles. The molecular weight excluding hydrogens is 450 g/mol. The largest absolute Gasteiger partial charge is 0.352 e. The van der Waals surface area contributed by atoms with E-state index in [0.29, 0.717) is 10.6 Å². The molecule has 1 N–H and O–H groups in total. The molecule has 0 aliphatic carbocycles. The number of benzene rings is 3. The topological polar surface area (TPSA) is 69.7 Å². The van der Waals surface area contributed by atoms with E-state index in [0.717, 1.165) is 28.4 Å². The van der Waals surface area contributed by atoms with Crippen LogP contribution >= 0.6 is 11.6 Å². The van der Waals surface area contributed by atoms with E-state index in [1.807, 2.05) is 56.3 Å². The van der Waals surface area contributed by atoms with Gasteiger partial charge in [-0.25, -0.2) is 0 Å². The van der Waals surface area contributed by atoms with Gasteiger partial charge in [-0.05, 0) is 55.5 Å². The zero-order chi connectivity index (χ0) is 24.4. The minimum absolute atomic E-state index is 0.00491. The monoisotopic (exact) mass is 477 g/mol. The molecule has 0 fully saturated rings. The molecule has 4 rings (SSSR count). The lowest BCUT2D eigenvalue weighted by Crippen LogP contribution is -2.52. The number of nitrogens with zero attached hydrogens (tertiary/aromatic N) is 2. The Bertz CT molecular complexity index is 1240. The molecule has 0 saturated carbocycles. The fourth-order valence-electron chi connectivity index (χ4n) is 4.20. The lowest BCUT2D eigenvalue weighted by molar-refractivity contribution is -0.139. The highest BCUT2D eigenvalue weighted by atomic mass is 35.5. The Morgan fingerprint density at radius 1 is 1.03 bits per heavy atom. The maximum Gasteiger partial charge on any atom is 0.259 e. The van der Waals surface area contributed by atoms with Gasteiger partial charge in [-0.3, -0.25) is 19.3 Å². The number of amides is 3. The highest BCUT2D eigenvalue weighted by molar-refractivity contribution is 6.30. The predicted octanol–water partition coefficient (Wildman–Crippen LogP) is 4.79. The van der Waals surface area contributed by atoms with Crippen molar-refractivity contribution in [2.45, 2.75) is 45.8 Å². The first kappa shape index (κ1) is 23.8. The van der Waals surface area contributed by atoms with Crippen molar-refractivity contribution in [2.24, 2.45) is 0 Å². The highest BCUT2D eigenvalue weighted by Gasteiger charge is 2.34. The first-order valence-corrected chi connectivity index (χ1v) is 11.9. The first-order valence-electron chi connectivity index (χ1n) is 11.5. The van der Waals surface area contributed by atoms with E-state index in [2.05, 4.69) is 5.32 Å². The molecule has 0 unspecified atom stereocenters. The van der Waals surface area contributed by atoms with E-state index in [-0.39, 0.29) is 36.9 Å². The smallest absolute Gasteiger partial charge is 0.259 e. The number of hydrogen-bond donors (Lipinski definition) is 1. The second-order valence-electron chi connectivity index (χ2n) is 8.71. The molecule has 34 heavy (non-hydrogen) atoms. The number of carbonyl (C=O) groups is 3. The van der Waals surface area contributed by atoms with Crippen molar-refractivity contribution in [1.29, 1.82) is 0 Å². The molecule has 3 amide bonds. The van der Waals surface area contributed by atoms with Gasteiger partial charge in [0.2, 0.25) is 11.8 Å². The Hall–Kier alpha value is -3.38. The average Bonchev–Trinajstić information content (AvgIpc) is 3.11. The normalized spacial score (nSPS) is 14.2. The molecule has 0 radical (unpaired) electrons. The SMILES string of the molecule is CC[C@H](C)NC(=O)[C@@H](C)N(Cc1ccc(Cl)cc1)C(=O)CN1C(=O)c2cccc3cccc1c23. The average molecular weight is 478 g/mol. The maximum atomic E-state index is 13.6. The zero-order valence-electron chi connectivity index (χ0n) is 19.5. The van der Waals surface area contributed by atoms with Gasteiger partial charge in [0.1, 0.15) is 12.6 Å². The Morgan fingerprint density at radius 3 is 2.38 bits per heavy atom. The van der Waals surface area contributed by atoms with Crippen LogP contribution in [0, 0.1) is 0 Å². The van der Waals surface area contributed by atoms with Crippen molar-refractivity contribution >= 4 is 45.8 Å². The minimum Gasteiger partial charge on any atom is -0.352 e. The summed E-state index contributed by atoms with van der Waals surface area (Å²) in [5.74, 6) is -0.738. The number of rotatable bonds is 8. The third kappa shape index (κ3) is 4.64. The van der Waals surface area contributed by atoms with Gasteiger partial charge in [0.25, 0.3) is 5.91 Å². The lowest BCUT2D eigenvalue weighted by Gasteiger charge is -2.31. The molecule has 7 heteroatoms. The molecular formula is C27H28ClN3O3. The molecule has 1 aliphatic heterocycles. The summed E-state index contributed by atoms with van der Waals surface area (Å²) in [6.45, 7) is 5.71. The number of nitrogens with one attached hydrogen (secondary N) is 1. The maximum absolute atomic E-state index is 13.6. The highest BCUT2D eigenvalue weighted by Crippen LogP contribution is 2.37. The Labute approximate surface area is 204 Å². The summed E-state index contributed by atoms with van der Waals surface area (Å²) in [7, 11) is 0. The van der Waals surface area contributed by atoms with Crippen LogP contribution in [0.15, 0.2) is 60.7 Å². The van der Waals surface area contributed by atoms with Gasteiger partial charge >= 0.3 is 0 Å². The van der Waals surface area contributed by atoms with Crippen molar-refractivity contribution in [1.82, 2.24) is 10.2 Å². The van der Waals surface area contributed by atoms with Gasteiger partial charge in [-0.1, -0.05) is 54.9 Å². The molecule has 1 aliphatic rings. The Kier molecular flexibility index (Phi) is 6.89. The Morgan fingerprint density at radius 2 is 1.71 bits per heavy atom. The second-order valence-corrected chi connectivity index (χ2v) is 9.15. The second kappa shape index (κ2) is 9.85. The van der Waals surface area contributed by atoms with E-state index in [1.165, 1.54) is 9.80 Å². The van der Waals surface area contributed by atoms with Crippen molar-refractivity contribution in [3.8, 4) is 0 Å². The molecule has 0 saturated heterocycles. The van der Waals surface area contributed by atoms with Crippen LogP contribution in [-0.2, 0) is 16.1 Å². The third-order valence-electron chi connectivity index (χ3n) is 6.38. The van der Waals surface area contributed by atoms with Crippen molar-refractivity contribution in [3.05, 3.63) is 76.8 Å². The zero-order valence-corrected chi connectivity index (χ0v) is 20.3. The van der Waals surface area contributed by atoms with Crippen molar-refractivity contribution in [2.75, 3.05) is 11.4 Å². The van der Waals surface area contributed by atoms with Crippen LogP contribution in [0.5, 0.6) is 0 Å². The van der Waals surface area contributed by atoms with Crippen LogP contribution in [0.3, 0.4) is 0 Å². The number of anilines is 1. The van der Waals surface area contributed by atoms with Gasteiger partial charge in [0.05, 0.1) is 5.69 Å². The van der Waals surface area contributed by atoms with Gasteiger partial charge < -0.3 is 10.2 Å². The fraction of sp³-hybridized carbons (Fsp3) is 0.296. The summed E-state index contributed by atoms with van der Waals surface area (Å²) >= 11 is 6.02. The molecule has 3 aromatic rings. The molecule has 1 heterocycles. The molecule has 3 aromatic carbocycles. The summed E-state index contributed by atoms with van der Waals surface area (Å²) in [4.78, 5) is 42.8. The van der Waals surface area contributed by atoms with E-state index < -0.39 is 6.04 Å². The number of hydrogen-bond acceptors (Lipinski definition) is 3. The van der Waals surface area contributed by atoms with Crippen LogP contribution in [0.25, 0.3) is 10.8 Å². The standard InChI is InChI=1S/C27H28ClN3O3/c1-4-17(2)29-26(33)18(3)30(15-19-11-13-21(28)14-12-19)24(32)16-31-23-10-6-8-20-7-5-9-22(25(20)23)27(31)34/h5-14,17-18H,4,15-16H2,1-3H3,(H,29,33)/t17-,18+/m0/s1. The molecule has 0 bridgehead atoms. The summed E-state index contributed by atoms with van der Waals surface area (Å²) < 4.78 is 0. The number of halogens is 1. The molecule has 6 nitrogen and oxygen atoms in total. The molecule has 2 atom stereocenters. The van der Waals surface area contributed by atoms with Gasteiger partial charge in [-0.15, -0.1) is 0 Å². The number of carbonyl (C=O) groups excluding carboxylic acids is 3. The van der Waals surface area contributed by atoms with Crippen molar-refractivity contribution < 1.29 is 14.4 Å². The van der Waals surface area contributed by atoms with E-state index in [1.54, 1.807) is 25.1 Å². The van der Waals surface area contributed by atoms with Gasteiger partial charge in [0.15, 0.2) is 0 Å². The minimum atomic E-state index is -0.715. The first-order chi connectivity index (χ1) is 16.3. The lowest BCUT2D eigenvalue weighted by atomic mass is 10.1. The van der Waals surface area contributed by atoms with E-state index >= 15 is 0 Å². The van der Waals surface area contributed by atoms with Crippen LogP contribution < -0.4 is 10.2 Å². The predicted molar refractivity (Wildman–Crippen MR) is 135 cm³/mol. The quantitative estimate of drug-likeness (QED) is 0.507. The third-order valence-corrected chi connectivity index (χ3v) is 6.63. The summed E-state index contributed by atoms with van der Waals surface area (Å²) in [6.07, 6.45) is 0.786. The summed E-state index contributed by atoms with van der Waals surface area (Å²) in [6, 6.07) is 17.7. The van der Waals surface area contributed by atoms with Crippen LogP contribution in [0.2, 0.25) is 5.02 Å². The van der Waals surface area contributed by atoms with Crippen LogP contribution in [-0.4, -0.2) is 41.2 Å². The fourth-order valence-corrected chi connectivity index (χ4v) is 4.32. The molecule has 0 spiro atoms. The Balaban J connectivity index is 1.61. The van der Waals surface area contributed by atoms with Crippen LogP contribution in [0.4, 0.5) is 5.69 Å².